The minimum atomic E-state index is -0.607. The van der Waals surface area contributed by atoms with Crippen molar-refractivity contribution >= 4 is 34.1 Å². The van der Waals surface area contributed by atoms with Crippen molar-refractivity contribution in [1.29, 1.82) is 0 Å². The molecule has 0 saturated carbocycles. The van der Waals surface area contributed by atoms with Crippen LogP contribution in [0.25, 0.3) is 11.1 Å². The van der Waals surface area contributed by atoms with E-state index in [0.717, 1.165) is 34.1 Å². The number of fused-ring (bicyclic) bond motifs is 9. The van der Waals surface area contributed by atoms with Crippen molar-refractivity contribution in [1.82, 2.24) is 0 Å². The van der Waals surface area contributed by atoms with Crippen molar-refractivity contribution < 1.29 is 0 Å². The van der Waals surface area contributed by atoms with E-state index < -0.39 is 10.8 Å². The average molecular weight is 817 g/mol. The summed E-state index contributed by atoms with van der Waals surface area (Å²) in [4.78, 5) is 4.80. The van der Waals surface area contributed by atoms with Gasteiger partial charge in [-0.15, -0.1) is 0 Å². The maximum absolute atomic E-state index is 2.46. The monoisotopic (exact) mass is 816 g/mol. The third-order valence-corrected chi connectivity index (χ3v) is 13.6. The SMILES string of the molecule is c1ccc(N(c2ccccc2)c2cccc(N(c3ccccc3)c3cccc4c3-c3ccccc3C43c4ccccc4C(c4ccccc4)(c4ccccc4)c4ccccc43)c2)cc1. The molecule has 0 fully saturated rings. The van der Waals surface area contributed by atoms with E-state index in [9.17, 15) is 0 Å². The maximum atomic E-state index is 2.46. The maximum Gasteiger partial charge on any atom is 0.0720 e. The van der Waals surface area contributed by atoms with E-state index in [4.69, 9.17) is 0 Å². The summed E-state index contributed by atoms with van der Waals surface area (Å²) < 4.78 is 0. The van der Waals surface area contributed by atoms with Gasteiger partial charge in [-0.25, -0.2) is 0 Å². The molecule has 2 nitrogen and oxygen atoms in total. The fraction of sp³-hybridized carbons (Fsp3) is 0.0323. The van der Waals surface area contributed by atoms with Gasteiger partial charge in [0.05, 0.1) is 16.5 Å². The normalized spacial score (nSPS) is 13.6. The Morgan fingerprint density at radius 1 is 0.234 bits per heavy atom. The lowest BCUT2D eigenvalue weighted by atomic mass is 9.51. The van der Waals surface area contributed by atoms with Gasteiger partial charge in [0.25, 0.3) is 0 Å². The summed E-state index contributed by atoms with van der Waals surface area (Å²) in [7, 11) is 0. The molecule has 12 rings (SSSR count). The molecule has 0 radical (unpaired) electrons. The molecular formula is C62H44N2. The van der Waals surface area contributed by atoms with Crippen LogP contribution in [0.4, 0.5) is 34.1 Å². The van der Waals surface area contributed by atoms with E-state index in [-0.39, 0.29) is 0 Å². The van der Waals surface area contributed by atoms with Gasteiger partial charge in [-0.05, 0) is 111 Å². The van der Waals surface area contributed by atoms with E-state index in [2.05, 4.69) is 277 Å². The minimum absolute atomic E-state index is 0.559. The lowest BCUT2D eigenvalue weighted by Gasteiger charge is -2.50. The van der Waals surface area contributed by atoms with E-state index >= 15 is 0 Å². The Morgan fingerprint density at radius 3 is 1.08 bits per heavy atom. The zero-order valence-electron chi connectivity index (χ0n) is 35.3. The zero-order chi connectivity index (χ0) is 42.5. The van der Waals surface area contributed by atoms with Crippen LogP contribution in [-0.2, 0) is 10.8 Å². The molecule has 302 valence electrons. The highest BCUT2D eigenvalue weighted by molar-refractivity contribution is 5.99. The molecule has 10 aromatic carbocycles. The van der Waals surface area contributed by atoms with Crippen LogP contribution in [0.15, 0.2) is 267 Å². The highest BCUT2D eigenvalue weighted by Gasteiger charge is 2.57. The van der Waals surface area contributed by atoms with Gasteiger partial charge in [0.15, 0.2) is 0 Å². The molecule has 2 aliphatic rings. The number of hydrogen-bond donors (Lipinski definition) is 0. The number of benzene rings is 10. The van der Waals surface area contributed by atoms with Crippen molar-refractivity contribution in [3.8, 4) is 11.1 Å². The zero-order valence-corrected chi connectivity index (χ0v) is 35.3. The Morgan fingerprint density at radius 2 is 0.578 bits per heavy atom. The molecule has 2 aliphatic carbocycles. The number of nitrogens with zero attached hydrogens (tertiary/aromatic N) is 2. The molecule has 0 amide bonds. The Kier molecular flexibility index (Phi) is 8.98. The number of anilines is 6. The second-order valence-electron chi connectivity index (χ2n) is 16.8. The summed E-state index contributed by atoms with van der Waals surface area (Å²) in [5.74, 6) is 0. The van der Waals surface area contributed by atoms with E-state index in [1.807, 2.05) is 0 Å². The molecule has 2 heteroatoms. The van der Waals surface area contributed by atoms with Crippen LogP contribution < -0.4 is 9.80 Å². The first-order valence-electron chi connectivity index (χ1n) is 22.2. The predicted molar refractivity (Wildman–Crippen MR) is 265 cm³/mol. The third-order valence-electron chi connectivity index (χ3n) is 13.6. The molecule has 0 N–H and O–H groups in total. The fourth-order valence-electron chi connectivity index (χ4n) is 11.2. The molecule has 0 saturated heterocycles. The molecule has 10 aromatic rings. The van der Waals surface area contributed by atoms with Crippen LogP contribution in [0, 0.1) is 0 Å². The third kappa shape index (κ3) is 5.52. The Labute approximate surface area is 375 Å². The summed E-state index contributed by atoms with van der Waals surface area (Å²) >= 11 is 0. The predicted octanol–water partition coefficient (Wildman–Crippen LogP) is 15.7. The van der Waals surface area contributed by atoms with Crippen molar-refractivity contribution in [2.45, 2.75) is 10.8 Å². The van der Waals surface area contributed by atoms with Gasteiger partial charge in [0, 0.05) is 34.0 Å². The first kappa shape index (κ1) is 37.6. The smallest absolute Gasteiger partial charge is 0.0720 e. The second-order valence-corrected chi connectivity index (χ2v) is 16.8. The Balaban J connectivity index is 1.14. The highest BCUT2D eigenvalue weighted by Crippen LogP contribution is 2.66. The Bertz CT molecular complexity index is 3140. The van der Waals surface area contributed by atoms with Gasteiger partial charge in [-0.1, -0.05) is 206 Å². The number of rotatable bonds is 8. The molecule has 0 aromatic heterocycles. The Hall–Kier alpha value is -8.20. The summed E-state index contributed by atoms with van der Waals surface area (Å²) in [6.45, 7) is 0. The second kappa shape index (κ2) is 15.3. The topological polar surface area (TPSA) is 6.48 Å². The van der Waals surface area contributed by atoms with Crippen molar-refractivity contribution in [2.75, 3.05) is 9.80 Å². The molecular weight excluding hydrogens is 773 g/mol. The van der Waals surface area contributed by atoms with Gasteiger partial charge in [0.1, 0.15) is 0 Å². The summed E-state index contributed by atoms with van der Waals surface area (Å²) in [6, 6.07) is 98.2. The first-order chi connectivity index (χ1) is 31.8. The molecule has 64 heavy (non-hydrogen) atoms. The lowest BCUT2D eigenvalue weighted by molar-refractivity contribution is 0.623. The van der Waals surface area contributed by atoms with Gasteiger partial charge < -0.3 is 9.80 Å². The van der Waals surface area contributed by atoms with Crippen molar-refractivity contribution in [2.24, 2.45) is 0 Å². The van der Waals surface area contributed by atoms with Crippen LogP contribution in [-0.4, -0.2) is 0 Å². The number of hydrogen-bond acceptors (Lipinski definition) is 2. The molecule has 0 heterocycles. The lowest BCUT2D eigenvalue weighted by Crippen LogP contribution is -2.44. The van der Waals surface area contributed by atoms with Crippen molar-refractivity contribution in [3.63, 3.8) is 0 Å². The van der Waals surface area contributed by atoms with E-state index in [1.54, 1.807) is 0 Å². The fourth-order valence-corrected chi connectivity index (χ4v) is 11.2. The van der Waals surface area contributed by atoms with Crippen LogP contribution in [0.3, 0.4) is 0 Å². The average Bonchev–Trinajstić information content (AvgIpc) is 3.67. The molecule has 1 spiro atoms. The minimum Gasteiger partial charge on any atom is -0.310 e. The first-order valence-corrected chi connectivity index (χ1v) is 22.2. The summed E-state index contributed by atoms with van der Waals surface area (Å²) in [5, 5.41) is 0. The summed E-state index contributed by atoms with van der Waals surface area (Å²) in [6.07, 6.45) is 0. The molecule has 0 atom stereocenters. The molecule has 0 aliphatic heterocycles. The van der Waals surface area contributed by atoms with Crippen molar-refractivity contribution in [3.05, 3.63) is 311 Å². The van der Waals surface area contributed by atoms with Gasteiger partial charge >= 0.3 is 0 Å². The standard InChI is InChI=1S/C62H44N2/c1-6-24-45(25-7-1)61(46-26-8-2-9-27-46)54-38-18-20-40-56(54)62(57-41-21-19-39-55(57)61)53-37-17-16-36-52(53)60-58(62)42-23-43-59(60)64(49-32-14-5-15-33-49)51-35-22-34-50(44-51)63(47-28-10-3-11-29-47)48-30-12-4-13-31-48/h1-44H. The molecule has 0 unspecified atom stereocenters. The van der Waals surface area contributed by atoms with E-state index in [1.165, 1.54) is 55.6 Å². The largest absolute Gasteiger partial charge is 0.310 e. The number of para-hydroxylation sites is 3. The molecule has 0 bridgehead atoms. The van der Waals surface area contributed by atoms with Crippen LogP contribution in [0.5, 0.6) is 0 Å². The van der Waals surface area contributed by atoms with Crippen LogP contribution in [0.1, 0.15) is 44.5 Å². The van der Waals surface area contributed by atoms with Gasteiger partial charge in [-0.2, -0.15) is 0 Å². The van der Waals surface area contributed by atoms with Crippen LogP contribution in [0.2, 0.25) is 0 Å². The van der Waals surface area contributed by atoms with E-state index in [0.29, 0.717) is 0 Å². The highest BCUT2D eigenvalue weighted by atomic mass is 15.2. The summed E-state index contributed by atoms with van der Waals surface area (Å²) in [5.41, 5.74) is 18.2. The van der Waals surface area contributed by atoms with Crippen LogP contribution >= 0.6 is 0 Å². The quantitative estimate of drug-likeness (QED) is 0.151. The van der Waals surface area contributed by atoms with Gasteiger partial charge in [0.2, 0.25) is 0 Å². The van der Waals surface area contributed by atoms with Gasteiger partial charge in [-0.3, -0.25) is 0 Å².